The van der Waals surface area contributed by atoms with Gasteiger partial charge in [0.1, 0.15) is 24.4 Å². The number of ether oxygens (including phenoxy) is 2. The van der Waals surface area contributed by atoms with Gasteiger partial charge in [-0.2, -0.15) is 0 Å². The van der Waals surface area contributed by atoms with Crippen LogP contribution in [0.25, 0.3) is 11.1 Å². The van der Waals surface area contributed by atoms with Gasteiger partial charge in [0, 0.05) is 12.3 Å². The molecule has 0 aliphatic heterocycles. The maximum atomic E-state index is 12.6. The molecule has 0 saturated heterocycles. The van der Waals surface area contributed by atoms with Crippen molar-refractivity contribution in [1.29, 1.82) is 0 Å². The summed E-state index contributed by atoms with van der Waals surface area (Å²) in [7, 11) is 0. The van der Waals surface area contributed by atoms with Crippen LogP contribution in [0.15, 0.2) is 72.8 Å². The predicted octanol–water partition coefficient (Wildman–Crippen LogP) is 4.50. The molecule has 0 spiro atoms. The summed E-state index contributed by atoms with van der Waals surface area (Å²) in [6.45, 7) is 4.03. The average molecular weight is 517 g/mol. The third-order valence-corrected chi connectivity index (χ3v) is 6.54. The SMILES string of the molecule is CC(C)C[C@H](N)C(=O)Oc1ccc(C[C@H](NC(=O)OCC2c3ccccc3-c3ccccc32)C(=O)O)cc1. The molecule has 0 bridgehead atoms. The predicted molar refractivity (Wildman–Crippen MR) is 143 cm³/mol. The molecule has 0 fully saturated rings. The molecule has 0 aromatic heterocycles. The van der Waals surface area contributed by atoms with Crippen molar-refractivity contribution in [3.05, 3.63) is 89.5 Å². The molecule has 8 heteroatoms. The van der Waals surface area contributed by atoms with Crippen LogP contribution in [0.2, 0.25) is 0 Å². The molecule has 38 heavy (non-hydrogen) atoms. The lowest BCUT2D eigenvalue weighted by molar-refractivity contribution is -0.139. The first-order valence-electron chi connectivity index (χ1n) is 12.6. The number of hydrogen-bond acceptors (Lipinski definition) is 6. The van der Waals surface area contributed by atoms with Crippen molar-refractivity contribution >= 4 is 18.0 Å². The molecule has 1 aliphatic rings. The first-order chi connectivity index (χ1) is 18.2. The van der Waals surface area contributed by atoms with Crippen LogP contribution in [0.1, 0.15) is 42.9 Å². The van der Waals surface area contributed by atoms with E-state index in [0.717, 1.165) is 22.3 Å². The van der Waals surface area contributed by atoms with Gasteiger partial charge in [0.2, 0.25) is 0 Å². The first-order valence-corrected chi connectivity index (χ1v) is 12.6. The monoisotopic (exact) mass is 516 g/mol. The molecule has 3 aromatic rings. The molecule has 0 saturated carbocycles. The van der Waals surface area contributed by atoms with Gasteiger partial charge in [-0.1, -0.05) is 74.5 Å². The van der Waals surface area contributed by atoms with Crippen LogP contribution in [0.5, 0.6) is 5.75 Å². The lowest BCUT2D eigenvalue weighted by atomic mass is 9.98. The Labute approximate surface area is 221 Å². The third kappa shape index (κ3) is 6.39. The zero-order chi connectivity index (χ0) is 27.2. The minimum atomic E-state index is -1.20. The molecule has 4 rings (SSSR count). The Morgan fingerprint density at radius 3 is 2.05 bits per heavy atom. The summed E-state index contributed by atoms with van der Waals surface area (Å²) < 4.78 is 10.8. The number of carboxylic acid groups (broad SMARTS) is 1. The van der Waals surface area contributed by atoms with E-state index in [1.807, 2.05) is 62.4 Å². The molecule has 0 unspecified atom stereocenters. The molecule has 0 heterocycles. The number of aliphatic carboxylic acids is 1. The van der Waals surface area contributed by atoms with E-state index in [9.17, 15) is 19.5 Å². The molecule has 4 N–H and O–H groups in total. The second kappa shape index (κ2) is 11.9. The third-order valence-electron chi connectivity index (χ3n) is 6.54. The van der Waals surface area contributed by atoms with Crippen molar-refractivity contribution in [3.63, 3.8) is 0 Å². The fraction of sp³-hybridized carbons (Fsp3) is 0.300. The van der Waals surface area contributed by atoms with Gasteiger partial charge < -0.3 is 25.6 Å². The minimum absolute atomic E-state index is 0.0284. The highest BCUT2D eigenvalue weighted by Crippen LogP contribution is 2.44. The molecule has 2 atom stereocenters. The molecule has 1 aliphatic carbocycles. The van der Waals surface area contributed by atoms with Gasteiger partial charge in [-0.15, -0.1) is 0 Å². The van der Waals surface area contributed by atoms with Gasteiger partial charge >= 0.3 is 18.0 Å². The minimum Gasteiger partial charge on any atom is -0.480 e. The van der Waals surface area contributed by atoms with Crippen molar-refractivity contribution in [2.75, 3.05) is 6.61 Å². The molecule has 8 nitrogen and oxygen atoms in total. The zero-order valence-electron chi connectivity index (χ0n) is 21.4. The van der Waals surface area contributed by atoms with E-state index in [1.54, 1.807) is 24.3 Å². The number of rotatable bonds is 10. The summed E-state index contributed by atoms with van der Waals surface area (Å²) in [4.78, 5) is 36.6. The number of benzene rings is 3. The number of carbonyl (C=O) groups excluding carboxylic acids is 2. The highest BCUT2D eigenvalue weighted by molar-refractivity contribution is 5.81. The van der Waals surface area contributed by atoms with Gasteiger partial charge in [-0.3, -0.25) is 0 Å². The van der Waals surface area contributed by atoms with Crippen molar-refractivity contribution in [2.24, 2.45) is 11.7 Å². The summed E-state index contributed by atoms with van der Waals surface area (Å²) in [5.74, 6) is -1.26. The van der Waals surface area contributed by atoms with Gasteiger partial charge in [0.25, 0.3) is 0 Å². The second-order valence-electron chi connectivity index (χ2n) is 9.87. The lowest BCUT2D eigenvalue weighted by Gasteiger charge is -2.18. The van der Waals surface area contributed by atoms with E-state index in [0.29, 0.717) is 17.7 Å². The number of carbonyl (C=O) groups is 3. The van der Waals surface area contributed by atoms with E-state index < -0.39 is 30.1 Å². The van der Waals surface area contributed by atoms with E-state index in [1.165, 1.54) is 0 Å². The van der Waals surface area contributed by atoms with E-state index in [2.05, 4.69) is 5.32 Å². The van der Waals surface area contributed by atoms with Crippen LogP contribution in [0, 0.1) is 5.92 Å². The van der Waals surface area contributed by atoms with Crippen LogP contribution in [0.3, 0.4) is 0 Å². The maximum Gasteiger partial charge on any atom is 0.407 e. The average Bonchev–Trinajstić information content (AvgIpc) is 3.21. The summed E-state index contributed by atoms with van der Waals surface area (Å²) in [5.41, 5.74) is 10.9. The second-order valence-corrected chi connectivity index (χ2v) is 9.87. The Morgan fingerprint density at radius 2 is 1.50 bits per heavy atom. The Morgan fingerprint density at radius 1 is 0.921 bits per heavy atom. The summed E-state index contributed by atoms with van der Waals surface area (Å²) in [6, 6.07) is 20.5. The summed E-state index contributed by atoms with van der Waals surface area (Å²) in [6.07, 6.45) is -0.261. The van der Waals surface area contributed by atoms with Crippen molar-refractivity contribution < 1.29 is 29.0 Å². The van der Waals surface area contributed by atoms with Crippen LogP contribution in [-0.2, 0) is 20.7 Å². The number of alkyl carbamates (subject to hydrolysis) is 1. The molecule has 1 amide bonds. The van der Waals surface area contributed by atoms with Crippen molar-refractivity contribution in [3.8, 4) is 16.9 Å². The highest BCUT2D eigenvalue weighted by Gasteiger charge is 2.30. The van der Waals surface area contributed by atoms with Crippen LogP contribution >= 0.6 is 0 Å². The number of amides is 1. The smallest absolute Gasteiger partial charge is 0.407 e. The number of carboxylic acids is 1. The van der Waals surface area contributed by atoms with Crippen LogP contribution in [-0.4, -0.2) is 41.8 Å². The molecule has 0 radical (unpaired) electrons. The number of fused-ring (bicyclic) bond motifs is 3. The summed E-state index contributed by atoms with van der Waals surface area (Å²) in [5, 5.41) is 12.1. The number of nitrogens with two attached hydrogens (primary N) is 1. The lowest BCUT2D eigenvalue weighted by Crippen LogP contribution is -2.42. The quantitative estimate of drug-likeness (QED) is 0.267. The van der Waals surface area contributed by atoms with Gasteiger partial charge in [-0.05, 0) is 52.3 Å². The Bertz CT molecular complexity index is 1260. The fourth-order valence-electron chi connectivity index (χ4n) is 4.71. The molecular weight excluding hydrogens is 484 g/mol. The van der Waals surface area contributed by atoms with Crippen molar-refractivity contribution in [1.82, 2.24) is 5.32 Å². The largest absolute Gasteiger partial charge is 0.480 e. The fourth-order valence-corrected chi connectivity index (χ4v) is 4.71. The number of esters is 1. The molecule has 198 valence electrons. The first kappa shape index (κ1) is 26.9. The maximum absolute atomic E-state index is 12.6. The Kier molecular flexibility index (Phi) is 8.43. The molecule has 3 aromatic carbocycles. The zero-order valence-corrected chi connectivity index (χ0v) is 21.4. The van der Waals surface area contributed by atoms with Crippen LogP contribution in [0.4, 0.5) is 4.79 Å². The Balaban J connectivity index is 1.33. The van der Waals surface area contributed by atoms with Crippen molar-refractivity contribution in [2.45, 2.75) is 44.7 Å². The molecular formula is C30H32N2O6. The normalized spacial score (nSPS) is 13.8. The standard InChI is InChI=1S/C30H32N2O6/c1-18(2)15-26(31)29(35)38-20-13-11-19(12-14-20)16-27(28(33)34)32-30(36)37-17-25-23-9-5-3-7-21(23)22-8-4-6-10-24(22)25/h3-14,18,25-27H,15-17,31H2,1-2H3,(H,32,36)(H,33,34)/t26-,27-/m0/s1. The van der Waals surface area contributed by atoms with E-state index in [4.69, 9.17) is 15.2 Å². The van der Waals surface area contributed by atoms with E-state index in [-0.39, 0.29) is 24.9 Å². The Hall–Kier alpha value is -4.17. The van der Waals surface area contributed by atoms with Gasteiger partial charge in [-0.25, -0.2) is 14.4 Å². The van der Waals surface area contributed by atoms with Crippen LogP contribution < -0.4 is 15.8 Å². The summed E-state index contributed by atoms with van der Waals surface area (Å²) >= 11 is 0. The highest BCUT2D eigenvalue weighted by atomic mass is 16.5. The number of hydrogen-bond donors (Lipinski definition) is 3. The topological polar surface area (TPSA) is 128 Å². The van der Waals surface area contributed by atoms with Gasteiger partial charge in [0.05, 0.1) is 0 Å². The van der Waals surface area contributed by atoms with E-state index >= 15 is 0 Å². The number of nitrogens with one attached hydrogen (secondary N) is 1. The van der Waals surface area contributed by atoms with Gasteiger partial charge in [0.15, 0.2) is 0 Å².